The topological polar surface area (TPSA) is 80.8 Å². The van der Waals surface area contributed by atoms with Gasteiger partial charge in [-0.2, -0.15) is 0 Å². The van der Waals surface area contributed by atoms with Crippen molar-refractivity contribution in [1.82, 2.24) is 4.90 Å². The molecule has 0 aliphatic carbocycles. The van der Waals surface area contributed by atoms with E-state index < -0.39 is 21.9 Å². The van der Waals surface area contributed by atoms with Gasteiger partial charge >= 0.3 is 5.97 Å². The van der Waals surface area contributed by atoms with Gasteiger partial charge in [0.1, 0.15) is 0 Å². The van der Waals surface area contributed by atoms with Crippen LogP contribution >= 0.6 is 11.8 Å². The third kappa shape index (κ3) is 4.76. The molecule has 1 amide bonds. The van der Waals surface area contributed by atoms with Crippen LogP contribution in [-0.4, -0.2) is 61.6 Å². The van der Waals surface area contributed by atoms with E-state index in [1.807, 2.05) is 18.4 Å². The lowest BCUT2D eigenvalue weighted by Crippen LogP contribution is -2.46. The van der Waals surface area contributed by atoms with Gasteiger partial charge in [-0.05, 0) is 38.7 Å². The minimum absolute atomic E-state index is 0.0252. The number of benzene rings is 1. The minimum Gasteiger partial charge on any atom is -0.449 e. The zero-order valence-corrected chi connectivity index (χ0v) is 16.2. The molecule has 2 atom stereocenters. The molecule has 0 N–H and O–H groups in total. The molecule has 0 radical (unpaired) electrons. The Bertz CT molecular complexity index is 747. The molecular weight excluding hydrogens is 362 g/mol. The second-order valence-electron chi connectivity index (χ2n) is 5.93. The Morgan fingerprint density at radius 2 is 2.04 bits per heavy atom. The van der Waals surface area contributed by atoms with Crippen LogP contribution in [0.1, 0.15) is 30.6 Å². The number of rotatable bonds is 6. The molecule has 1 fully saturated rings. The smallest absolute Gasteiger partial charge is 0.340 e. The summed E-state index contributed by atoms with van der Waals surface area (Å²) in [5.41, 5.74) is 0.418. The van der Waals surface area contributed by atoms with E-state index in [4.69, 9.17) is 4.74 Å². The highest BCUT2D eigenvalue weighted by molar-refractivity contribution is 7.98. The standard InChI is InChI=1S/C17H23NO5S2/c1-4-18(13-9-10-25(21,22)11-13)16(19)12(2)23-17(20)14-7-5-6-8-15(14)24-3/h5-8,12-13H,4,9-11H2,1-3H3/t12-,13+/m1/s1. The number of amides is 1. The first-order chi connectivity index (χ1) is 11.8. The lowest BCUT2D eigenvalue weighted by Gasteiger charge is -2.29. The molecule has 25 heavy (non-hydrogen) atoms. The van der Waals surface area contributed by atoms with Crippen LogP contribution in [0.25, 0.3) is 0 Å². The summed E-state index contributed by atoms with van der Waals surface area (Å²) in [7, 11) is -3.09. The second kappa shape index (κ2) is 8.23. The Balaban J connectivity index is 2.07. The first-order valence-electron chi connectivity index (χ1n) is 8.14. The molecule has 0 unspecified atom stereocenters. The molecule has 1 aliphatic heterocycles. The molecule has 0 bridgehead atoms. The number of nitrogens with zero attached hydrogens (tertiary/aromatic N) is 1. The number of thioether (sulfide) groups is 1. The zero-order valence-electron chi connectivity index (χ0n) is 14.6. The molecule has 0 spiro atoms. The van der Waals surface area contributed by atoms with Gasteiger partial charge in [0, 0.05) is 17.5 Å². The molecule has 0 saturated carbocycles. The summed E-state index contributed by atoms with van der Waals surface area (Å²) in [5.74, 6) is -0.848. The van der Waals surface area contributed by atoms with E-state index in [-0.39, 0.29) is 23.5 Å². The molecule has 2 rings (SSSR count). The lowest BCUT2D eigenvalue weighted by atomic mass is 10.2. The molecule has 6 nitrogen and oxygen atoms in total. The number of likely N-dealkylation sites (N-methyl/N-ethyl adjacent to an activating group) is 1. The highest BCUT2D eigenvalue weighted by atomic mass is 32.2. The largest absolute Gasteiger partial charge is 0.449 e. The second-order valence-corrected chi connectivity index (χ2v) is 9.01. The number of hydrogen-bond donors (Lipinski definition) is 0. The van der Waals surface area contributed by atoms with Crippen LogP contribution in [0, 0.1) is 0 Å². The van der Waals surface area contributed by atoms with Gasteiger partial charge in [0.25, 0.3) is 5.91 Å². The van der Waals surface area contributed by atoms with E-state index in [2.05, 4.69) is 0 Å². The SMILES string of the molecule is CCN(C(=O)[C@@H](C)OC(=O)c1ccccc1SC)[C@H]1CCS(=O)(=O)C1. The highest BCUT2D eigenvalue weighted by Gasteiger charge is 2.36. The number of esters is 1. The van der Waals surface area contributed by atoms with Gasteiger partial charge in [0.05, 0.1) is 17.1 Å². The molecule has 0 aromatic heterocycles. The predicted molar refractivity (Wildman–Crippen MR) is 97.5 cm³/mol. The first kappa shape index (κ1) is 19.8. The van der Waals surface area contributed by atoms with E-state index in [9.17, 15) is 18.0 Å². The summed E-state index contributed by atoms with van der Waals surface area (Å²) in [6.45, 7) is 3.69. The van der Waals surface area contributed by atoms with Gasteiger partial charge in [0.2, 0.25) is 0 Å². The van der Waals surface area contributed by atoms with Crippen LogP contribution in [-0.2, 0) is 19.4 Å². The summed E-state index contributed by atoms with van der Waals surface area (Å²) >= 11 is 1.43. The molecule has 1 heterocycles. The molecule has 1 aliphatic rings. The average molecular weight is 386 g/mol. The molecule has 8 heteroatoms. The summed E-state index contributed by atoms with van der Waals surface area (Å²) in [6.07, 6.45) is 1.32. The van der Waals surface area contributed by atoms with Crippen molar-refractivity contribution in [3.05, 3.63) is 29.8 Å². The van der Waals surface area contributed by atoms with Crippen molar-refractivity contribution >= 4 is 33.5 Å². The molecular formula is C17H23NO5S2. The van der Waals surface area contributed by atoms with Crippen LogP contribution in [0.15, 0.2) is 29.2 Å². The summed E-state index contributed by atoms with van der Waals surface area (Å²) in [5, 5.41) is 0. The summed E-state index contributed by atoms with van der Waals surface area (Å²) in [4.78, 5) is 27.3. The Morgan fingerprint density at radius 1 is 1.36 bits per heavy atom. The number of carbonyl (C=O) groups is 2. The molecule has 1 aromatic rings. The summed E-state index contributed by atoms with van der Waals surface area (Å²) < 4.78 is 28.7. The Morgan fingerprint density at radius 3 is 2.60 bits per heavy atom. The normalized spacial score (nSPS) is 20.0. The third-order valence-corrected chi connectivity index (χ3v) is 6.78. The maximum absolute atomic E-state index is 12.6. The molecule has 1 aromatic carbocycles. The van der Waals surface area contributed by atoms with Gasteiger partial charge in [0.15, 0.2) is 15.9 Å². The Hall–Kier alpha value is -1.54. The van der Waals surface area contributed by atoms with Gasteiger partial charge in [-0.25, -0.2) is 13.2 Å². The monoisotopic (exact) mass is 385 g/mol. The van der Waals surface area contributed by atoms with Crippen molar-refractivity contribution in [2.75, 3.05) is 24.3 Å². The van der Waals surface area contributed by atoms with Crippen molar-refractivity contribution in [2.24, 2.45) is 0 Å². The maximum Gasteiger partial charge on any atom is 0.340 e. The highest BCUT2D eigenvalue weighted by Crippen LogP contribution is 2.22. The van der Waals surface area contributed by atoms with Gasteiger partial charge < -0.3 is 9.64 Å². The Kier molecular flexibility index (Phi) is 6.51. The van der Waals surface area contributed by atoms with Crippen LogP contribution in [0.4, 0.5) is 0 Å². The fourth-order valence-corrected chi connectivity index (χ4v) is 5.25. The minimum atomic E-state index is -3.09. The predicted octanol–water partition coefficient (Wildman–Crippen LogP) is 1.99. The first-order valence-corrected chi connectivity index (χ1v) is 11.2. The summed E-state index contributed by atoms with van der Waals surface area (Å²) in [6, 6.07) is 6.70. The van der Waals surface area contributed by atoms with E-state index in [1.54, 1.807) is 19.1 Å². The molecule has 138 valence electrons. The fraction of sp³-hybridized carbons (Fsp3) is 0.529. The van der Waals surface area contributed by atoms with Crippen molar-refractivity contribution in [3.8, 4) is 0 Å². The lowest BCUT2D eigenvalue weighted by molar-refractivity contribution is -0.141. The Labute approximate surface area is 152 Å². The number of carbonyl (C=O) groups excluding carboxylic acids is 2. The van der Waals surface area contributed by atoms with Gasteiger partial charge in [-0.1, -0.05) is 12.1 Å². The van der Waals surface area contributed by atoms with Crippen LogP contribution in [0.5, 0.6) is 0 Å². The zero-order chi connectivity index (χ0) is 18.6. The van der Waals surface area contributed by atoms with Crippen molar-refractivity contribution < 1.29 is 22.7 Å². The average Bonchev–Trinajstić information content (AvgIpc) is 2.94. The van der Waals surface area contributed by atoms with Gasteiger partial charge in [-0.15, -0.1) is 11.8 Å². The van der Waals surface area contributed by atoms with Gasteiger partial charge in [-0.3, -0.25) is 4.79 Å². The quantitative estimate of drug-likeness (QED) is 0.550. The van der Waals surface area contributed by atoms with Crippen LogP contribution < -0.4 is 0 Å². The number of sulfone groups is 1. The molecule has 1 saturated heterocycles. The van der Waals surface area contributed by atoms with Crippen molar-refractivity contribution in [3.63, 3.8) is 0 Å². The maximum atomic E-state index is 12.6. The van der Waals surface area contributed by atoms with Crippen LogP contribution in [0.2, 0.25) is 0 Å². The van der Waals surface area contributed by atoms with E-state index in [1.165, 1.54) is 23.6 Å². The van der Waals surface area contributed by atoms with E-state index in [0.29, 0.717) is 18.5 Å². The van der Waals surface area contributed by atoms with E-state index >= 15 is 0 Å². The number of hydrogen-bond acceptors (Lipinski definition) is 6. The third-order valence-electron chi connectivity index (χ3n) is 4.23. The number of ether oxygens (including phenoxy) is 1. The van der Waals surface area contributed by atoms with Crippen molar-refractivity contribution in [2.45, 2.75) is 37.3 Å². The van der Waals surface area contributed by atoms with Crippen LogP contribution in [0.3, 0.4) is 0 Å². The van der Waals surface area contributed by atoms with E-state index in [0.717, 1.165) is 4.90 Å². The van der Waals surface area contributed by atoms with Crippen molar-refractivity contribution in [1.29, 1.82) is 0 Å². The fourth-order valence-electron chi connectivity index (χ4n) is 2.94.